The summed E-state index contributed by atoms with van der Waals surface area (Å²) < 4.78 is 88.8. The van der Waals surface area contributed by atoms with Gasteiger partial charge >= 0.3 is 12.4 Å². The SMILES string of the molecule is O=C(NCc1ccco1)C1c2ccccc2C(=O)N(CCC(=O)N2CCC(O)CC2)C1c1cc(C(F)(F)F)cc(C(F)(F)F)c1. The fourth-order valence-electron chi connectivity index (χ4n) is 5.83. The first-order chi connectivity index (χ1) is 21.2. The smallest absolute Gasteiger partial charge is 0.416 e. The van der Waals surface area contributed by atoms with E-state index in [4.69, 9.17) is 4.42 Å². The minimum Gasteiger partial charge on any atom is -0.467 e. The molecule has 45 heavy (non-hydrogen) atoms. The average Bonchev–Trinajstić information content (AvgIpc) is 3.52. The number of nitrogens with one attached hydrogen (secondary N) is 1. The molecule has 0 saturated carbocycles. The number of alkyl halides is 6. The number of likely N-dealkylation sites (tertiary alicyclic amines) is 1. The molecule has 0 aliphatic carbocycles. The van der Waals surface area contributed by atoms with Crippen molar-refractivity contribution in [3.63, 3.8) is 0 Å². The predicted octanol–water partition coefficient (Wildman–Crippen LogP) is 5.29. The number of carbonyl (C=O) groups excluding carboxylic acids is 3. The predicted molar refractivity (Wildman–Crippen MR) is 146 cm³/mol. The molecule has 3 aromatic rings. The molecule has 14 heteroatoms. The van der Waals surface area contributed by atoms with E-state index in [9.17, 15) is 45.8 Å². The number of halogens is 6. The molecule has 2 N–H and O–H groups in total. The van der Waals surface area contributed by atoms with Crippen LogP contribution in [-0.4, -0.2) is 58.4 Å². The molecule has 3 amide bonds. The minimum absolute atomic E-state index is 0.0211. The molecule has 1 fully saturated rings. The lowest BCUT2D eigenvalue weighted by molar-refractivity contribution is -0.143. The number of rotatable bonds is 7. The van der Waals surface area contributed by atoms with E-state index in [0.717, 1.165) is 4.90 Å². The molecule has 2 atom stereocenters. The van der Waals surface area contributed by atoms with Gasteiger partial charge in [-0.3, -0.25) is 14.4 Å². The summed E-state index contributed by atoms with van der Waals surface area (Å²) in [6, 6.07) is 8.36. The third-order valence-electron chi connectivity index (χ3n) is 8.07. The van der Waals surface area contributed by atoms with Crippen molar-refractivity contribution in [3.05, 3.63) is 94.4 Å². The van der Waals surface area contributed by atoms with Crippen molar-refractivity contribution in [2.45, 2.75) is 56.2 Å². The van der Waals surface area contributed by atoms with Crippen molar-refractivity contribution in [2.24, 2.45) is 0 Å². The molecule has 0 radical (unpaired) electrons. The molecule has 5 rings (SSSR count). The Morgan fingerprint density at radius 1 is 0.933 bits per heavy atom. The normalized spacial score (nSPS) is 19.4. The van der Waals surface area contributed by atoms with Gasteiger partial charge in [0.05, 0.1) is 42.0 Å². The van der Waals surface area contributed by atoms with Gasteiger partial charge in [0.25, 0.3) is 5.91 Å². The molecule has 0 bridgehead atoms. The molecule has 8 nitrogen and oxygen atoms in total. The van der Waals surface area contributed by atoms with Crippen molar-refractivity contribution in [3.8, 4) is 0 Å². The first-order valence-corrected chi connectivity index (χ1v) is 14.2. The molecule has 1 saturated heterocycles. The van der Waals surface area contributed by atoms with E-state index >= 15 is 0 Å². The van der Waals surface area contributed by atoms with Crippen LogP contribution in [0.1, 0.15) is 69.6 Å². The maximum atomic E-state index is 13.9. The van der Waals surface area contributed by atoms with Gasteiger partial charge in [0, 0.05) is 31.6 Å². The van der Waals surface area contributed by atoms with E-state index in [2.05, 4.69) is 5.32 Å². The van der Waals surface area contributed by atoms with Crippen molar-refractivity contribution in [2.75, 3.05) is 19.6 Å². The Hall–Kier alpha value is -4.33. The second-order valence-corrected chi connectivity index (χ2v) is 11.0. The summed E-state index contributed by atoms with van der Waals surface area (Å²) in [4.78, 5) is 43.3. The number of amides is 3. The van der Waals surface area contributed by atoms with E-state index in [0.29, 0.717) is 30.7 Å². The number of hydrogen-bond acceptors (Lipinski definition) is 5. The van der Waals surface area contributed by atoms with Crippen LogP contribution in [0, 0.1) is 0 Å². The molecular weight excluding hydrogens is 608 g/mol. The highest BCUT2D eigenvalue weighted by molar-refractivity contribution is 6.01. The van der Waals surface area contributed by atoms with Gasteiger partial charge in [-0.1, -0.05) is 18.2 Å². The molecule has 2 aromatic carbocycles. The molecular formula is C31H29F6N3O5. The van der Waals surface area contributed by atoms with Crippen LogP contribution in [0.15, 0.2) is 65.3 Å². The Morgan fingerprint density at radius 2 is 1.58 bits per heavy atom. The topological polar surface area (TPSA) is 103 Å². The third-order valence-corrected chi connectivity index (χ3v) is 8.07. The Morgan fingerprint density at radius 3 is 2.18 bits per heavy atom. The molecule has 2 aliphatic heterocycles. The zero-order chi connectivity index (χ0) is 32.5. The van der Waals surface area contributed by atoms with Gasteiger partial charge in [0.1, 0.15) is 5.76 Å². The van der Waals surface area contributed by atoms with Crippen LogP contribution >= 0.6 is 0 Å². The third kappa shape index (κ3) is 7.00. The molecule has 0 spiro atoms. The van der Waals surface area contributed by atoms with Crippen LogP contribution in [-0.2, 0) is 28.5 Å². The quantitative estimate of drug-likeness (QED) is 0.343. The highest BCUT2D eigenvalue weighted by atomic mass is 19.4. The van der Waals surface area contributed by atoms with Gasteiger partial charge in [0.15, 0.2) is 0 Å². The van der Waals surface area contributed by atoms with Crippen LogP contribution in [0.2, 0.25) is 0 Å². The summed E-state index contributed by atoms with van der Waals surface area (Å²) >= 11 is 0. The zero-order valence-electron chi connectivity index (χ0n) is 23.7. The number of carbonyl (C=O) groups is 3. The number of hydrogen-bond donors (Lipinski definition) is 2. The molecule has 3 heterocycles. The maximum Gasteiger partial charge on any atom is 0.416 e. The lowest BCUT2D eigenvalue weighted by Crippen LogP contribution is -2.49. The fourth-order valence-corrected chi connectivity index (χ4v) is 5.83. The van der Waals surface area contributed by atoms with Crippen LogP contribution in [0.5, 0.6) is 0 Å². The first kappa shape index (κ1) is 32.1. The number of piperidine rings is 1. The largest absolute Gasteiger partial charge is 0.467 e. The van der Waals surface area contributed by atoms with E-state index in [1.807, 2.05) is 0 Å². The number of aliphatic hydroxyl groups is 1. The minimum atomic E-state index is -5.18. The number of nitrogens with zero attached hydrogens (tertiary/aromatic N) is 2. The van der Waals surface area contributed by atoms with Gasteiger partial charge in [-0.15, -0.1) is 0 Å². The Balaban J connectivity index is 1.61. The molecule has 2 unspecified atom stereocenters. The van der Waals surface area contributed by atoms with Crippen LogP contribution < -0.4 is 5.32 Å². The summed E-state index contributed by atoms with van der Waals surface area (Å²) in [6.45, 7) is -0.0304. The second kappa shape index (κ2) is 12.6. The van der Waals surface area contributed by atoms with E-state index in [-0.39, 0.29) is 43.2 Å². The molecule has 2 aliphatic rings. The maximum absolute atomic E-state index is 13.9. The van der Waals surface area contributed by atoms with Crippen molar-refractivity contribution in [1.82, 2.24) is 15.1 Å². The van der Waals surface area contributed by atoms with Crippen LogP contribution in [0.25, 0.3) is 0 Å². The standard InChI is InChI=1S/C31H29F6N3O5/c32-30(33,34)19-14-18(15-20(16-19)31(35,36)37)27-26(28(43)38-17-22-4-3-13-45-22)23-5-1-2-6-24(23)29(44)40(27)12-9-25(42)39-10-7-21(41)8-11-39/h1-6,13-16,21,26-27,41H,7-12,17H2,(H,38,43). The Kier molecular flexibility index (Phi) is 8.97. The van der Waals surface area contributed by atoms with E-state index < -0.39 is 71.4 Å². The highest BCUT2D eigenvalue weighted by Gasteiger charge is 2.46. The summed E-state index contributed by atoms with van der Waals surface area (Å²) in [5, 5.41) is 12.4. The molecule has 1 aromatic heterocycles. The first-order valence-electron chi connectivity index (χ1n) is 14.2. The summed E-state index contributed by atoms with van der Waals surface area (Å²) in [5.41, 5.74) is -3.62. The van der Waals surface area contributed by atoms with Crippen molar-refractivity contribution >= 4 is 17.7 Å². The van der Waals surface area contributed by atoms with Crippen LogP contribution in [0.3, 0.4) is 0 Å². The monoisotopic (exact) mass is 637 g/mol. The zero-order valence-corrected chi connectivity index (χ0v) is 23.7. The Labute approximate surface area is 253 Å². The van der Waals surface area contributed by atoms with Gasteiger partial charge < -0.3 is 24.6 Å². The summed E-state index contributed by atoms with van der Waals surface area (Å²) in [5.74, 6) is -3.04. The van der Waals surface area contributed by atoms with Crippen LogP contribution in [0.4, 0.5) is 26.3 Å². The lowest BCUT2D eigenvalue weighted by atomic mass is 9.78. The number of furan rings is 1. The van der Waals surface area contributed by atoms with Gasteiger partial charge in [-0.25, -0.2) is 0 Å². The Bertz CT molecular complexity index is 1520. The number of aliphatic hydroxyl groups excluding tert-OH is 1. The summed E-state index contributed by atoms with van der Waals surface area (Å²) in [6.07, 6.45) is -9.19. The molecule has 240 valence electrons. The number of fused-ring (bicyclic) bond motifs is 1. The van der Waals surface area contributed by atoms with Gasteiger partial charge in [0.2, 0.25) is 11.8 Å². The van der Waals surface area contributed by atoms with E-state index in [1.165, 1.54) is 35.4 Å². The van der Waals surface area contributed by atoms with E-state index in [1.54, 1.807) is 12.1 Å². The fraction of sp³-hybridized carbons (Fsp3) is 0.387. The summed E-state index contributed by atoms with van der Waals surface area (Å²) in [7, 11) is 0. The van der Waals surface area contributed by atoms with Crippen molar-refractivity contribution < 1.29 is 50.2 Å². The second-order valence-electron chi connectivity index (χ2n) is 11.0. The highest BCUT2D eigenvalue weighted by Crippen LogP contribution is 2.46. The van der Waals surface area contributed by atoms with Gasteiger partial charge in [-0.2, -0.15) is 26.3 Å². The lowest BCUT2D eigenvalue weighted by Gasteiger charge is -2.42. The number of benzene rings is 2. The average molecular weight is 638 g/mol. The van der Waals surface area contributed by atoms with Gasteiger partial charge in [-0.05, 0) is 60.4 Å². The van der Waals surface area contributed by atoms with Crippen molar-refractivity contribution in [1.29, 1.82) is 0 Å².